The highest BCUT2D eigenvalue weighted by Gasteiger charge is 2.26. The number of nitrogens with zero attached hydrogens (tertiary/aromatic N) is 4. The Bertz CT molecular complexity index is 902. The summed E-state index contributed by atoms with van der Waals surface area (Å²) < 4.78 is 0. The number of piperidine rings is 1. The van der Waals surface area contributed by atoms with Gasteiger partial charge in [0.05, 0.1) is 0 Å². The number of aromatic nitrogens is 3. The Kier molecular flexibility index (Phi) is 5.48. The fourth-order valence-electron chi connectivity index (χ4n) is 3.84. The van der Waals surface area contributed by atoms with Crippen LogP contribution in [-0.2, 0) is 6.54 Å². The molecule has 0 spiro atoms. The van der Waals surface area contributed by atoms with Gasteiger partial charge in [0.1, 0.15) is 6.33 Å². The first-order valence-corrected chi connectivity index (χ1v) is 9.70. The number of nitrogens with one attached hydrogen (secondary N) is 1. The van der Waals surface area contributed by atoms with Crippen molar-refractivity contribution in [1.29, 1.82) is 0 Å². The van der Waals surface area contributed by atoms with Crippen LogP contribution >= 0.6 is 0 Å². The first-order valence-electron chi connectivity index (χ1n) is 9.70. The minimum Gasteiger partial charge on any atom is -0.339 e. The van der Waals surface area contributed by atoms with Crippen LogP contribution in [0.2, 0.25) is 0 Å². The second-order valence-electron chi connectivity index (χ2n) is 7.34. The minimum atomic E-state index is 0.0885. The molecule has 6 nitrogen and oxygen atoms in total. The van der Waals surface area contributed by atoms with Crippen LogP contribution in [0, 0.1) is 0 Å². The van der Waals surface area contributed by atoms with E-state index in [1.54, 1.807) is 0 Å². The highest BCUT2D eigenvalue weighted by Crippen LogP contribution is 2.21. The van der Waals surface area contributed by atoms with Crippen molar-refractivity contribution in [1.82, 2.24) is 25.0 Å². The molecule has 1 amide bonds. The zero-order valence-corrected chi connectivity index (χ0v) is 16.1. The van der Waals surface area contributed by atoms with Gasteiger partial charge in [-0.2, -0.15) is 5.10 Å². The van der Waals surface area contributed by atoms with E-state index in [2.05, 4.69) is 51.4 Å². The lowest BCUT2D eigenvalue weighted by atomic mass is 10.0. The number of likely N-dealkylation sites (tertiary alicyclic amines) is 1. The van der Waals surface area contributed by atoms with E-state index in [-0.39, 0.29) is 5.91 Å². The van der Waals surface area contributed by atoms with Crippen molar-refractivity contribution >= 4 is 5.91 Å². The van der Waals surface area contributed by atoms with Gasteiger partial charge < -0.3 is 4.90 Å². The second-order valence-corrected chi connectivity index (χ2v) is 7.34. The highest BCUT2D eigenvalue weighted by atomic mass is 16.2. The van der Waals surface area contributed by atoms with Gasteiger partial charge >= 0.3 is 0 Å². The minimum absolute atomic E-state index is 0.0885. The van der Waals surface area contributed by atoms with Crippen molar-refractivity contribution in [2.45, 2.75) is 25.4 Å². The highest BCUT2D eigenvalue weighted by molar-refractivity contribution is 5.95. The average Bonchev–Trinajstić information content (AvgIpc) is 3.29. The van der Waals surface area contributed by atoms with Gasteiger partial charge in [-0.15, -0.1) is 0 Å². The number of aromatic amines is 1. The number of carbonyl (C=O) groups excluding carboxylic acids is 1. The molecule has 1 aliphatic rings. The van der Waals surface area contributed by atoms with E-state index >= 15 is 0 Å². The van der Waals surface area contributed by atoms with Crippen LogP contribution < -0.4 is 0 Å². The summed E-state index contributed by atoms with van der Waals surface area (Å²) in [5.74, 6) is 0.765. The van der Waals surface area contributed by atoms with E-state index in [1.165, 1.54) is 11.9 Å². The predicted octanol–water partition coefficient (Wildman–Crippen LogP) is 3.21. The van der Waals surface area contributed by atoms with Gasteiger partial charge in [-0.25, -0.2) is 4.98 Å². The lowest BCUT2D eigenvalue weighted by Crippen LogP contribution is -2.45. The molecule has 4 rings (SSSR count). The van der Waals surface area contributed by atoms with Crippen LogP contribution in [0.3, 0.4) is 0 Å². The molecule has 0 atom stereocenters. The van der Waals surface area contributed by atoms with E-state index in [9.17, 15) is 4.79 Å². The van der Waals surface area contributed by atoms with Crippen molar-refractivity contribution in [2.75, 3.05) is 20.1 Å². The van der Waals surface area contributed by atoms with E-state index in [1.807, 2.05) is 35.2 Å². The molecule has 3 aromatic rings. The Balaban J connectivity index is 1.36. The van der Waals surface area contributed by atoms with E-state index in [0.29, 0.717) is 17.4 Å². The maximum Gasteiger partial charge on any atom is 0.253 e. The summed E-state index contributed by atoms with van der Waals surface area (Å²) in [4.78, 5) is 21.5. The Morgan fingerprint density at radius 3 is 2.64 bits per heavy atom. The Morgan fingerprint density at radius 1 is 1.14 bits per heavy atom. The number of hydrogen-bond acceptors (Lipinski definition) is 4. The van der Waals surface area contributed by atoms with Crippen molar-refractivity contribution in [3.63, 3.8) is 0 Å². The molecule has 2 aromatic carbocycles. The van der Waals surface area contributed by atoms with Crippen LogP contribution in [0.4, 0.5) is 0 Å². The number of benzene rings is 2. The quantitative estimate of drug-likeness (QED) is 0.744. The van der Waals surface area contributed by atoms with Gasteiger partial charge in [-0.1, -0.05) is 42.5 Å². The Hall–Kier alpha value is -2.99. The summed E-state index contributed by atoms with van der Waals surface area (Å²) in [6.45, 7) is 2.52. The zero-order valence-electron chi connectivity index (χ0n) is 16.1. The number of amides is 1. The molecule has 2 heterocycles. The SMILES string of the molecule is CN(Cc1ccccc1)C1CCN(C(=O)c2cccc(-c3ncn[nH]3)c2)CC1. The first kappa shape index (κ1) is 18.4. The number of hydrogen-bond donors (Lipinski definition) is 1. The van der Waals surface area contributed by atoms with Gasteiger partial charge in [0, 0.05) is 36.8 Å². The molecule has 0 saturated carbocycles. The van der Waals surface area contributed by atoms with Crippen molar-refractivity contribution < 1.29 is 4.79 Å². The largest absolute Gasteiger partial charge is 0.339 e. The fourth-order valence-corrected chi connectivity index (χ4v) is 3.84. The van der Waals surface area contributed by atoms with E-state index in [4.69, 9.17) is 0 Å². The van der Waals surface area contributed by atoms with Crippen LogP contribution in [0.25, 0.3) is 11.4 Å². The molecular weight excluding hydrogens is 350 g/mol. The standard InChI is InChI=1S/C22H25N5O/c1-26(15-17-6-3-2-4-7-17)20-10-12-27(13-11-20)22(28)19-9-5-8-18(14-19)21-23-16-24-25-21/h2-9,14,16,20H,10-13,15H2,1H3,(H,23,24,25). The molecule has 0 unspecified atom stereocenters. The van der Waals surface area contributed by atoms with Crippen LogP contribution in [-0.4, -0.2) is 57.1 Å². The van der Waals surface area contributed by atoms with Gasteiger partial charge in [0.25, 0.3) is 5.91 Å². The van der Waals surface area contributed by atoms with E-state index < -0.39 is 0 Å². The van der Waals surface area contributed by atoms with E-state index in [0.717, 1.165) is 38.0 Å². The Morgan fingerprint density at radius 2 is 1.93 bits per heavy atom. The number of H-pyrrole nitrogens is 1. The lowest BCUT2D eigenvalue weighted by molar-refractivity contribution is 0.0639. The Labute approximate surface area is 165 Å². The molecule has 0 aliphatic carbocycles. The monoisotopic (exact) mass is 375 g/mol. The first-order chi connectivity index (χ1) is 13.7. The molecule has 0 bridgehead atoms. The van der Waals surface area contributed by atoms with Gasteiger partial charge in [0.2, 0.25) is 0 Å². The van der Waals surface area contributed by atoms with Gasteiger partial charge in [0.15, 0.2) is 5.82 Å². The average molecular weight is 375 g/mol. The van der Waals surface area contributed by atoms with Gasteiger partial charge in [-0.05, 0) is 37.6 Å². The molecule has 0 radical (unpaired) electrons. The molecule has 1 fully saturated rings. The normalized spacial score (nSPS) is 15.1. The third-order valence-electron chi connectivity index (χ3n) is 5.45. The smallest absolute Gasteiger partial charge is 0.253 e. The predicted molar refractivity (Wildman–Crippen MR) is 109 cm³/mol. The van der Waals surface area contributed by atoms with Gasteiger partial charge in [-0.3, -0.25) is 14.8 Å². The maximum absolute atomic E-state index is 13.0. The third-order valence-corrected chi connectivity index (χ3v) is 5.45. The number of rotatable bonds is 5. The molecule has 6 heteroatoms. The van der Waals surface area contributed by atoms with Crippen molar-refractivity contribution in [2.24, 2.45) is 0 Å². The summed E-state index contributed by atoms with van der Waals surface area (Å²) >= 11 is 0. The second kappa shape index (κ2) is 8.35. The molecule has 1 N–H and O–H groups in total. The summed E-state index contributed by atoms with van der Waals surface area (Å²) in [6, 6.07) is 18.6. The lowest BCUT2D eigenvalue weighted by Gasteiger charge is -2.37. The van der Waals surface area contributed by atoms with Crippen LogP contribution in [0.1, 0.15) is 28.8 Å². The maximum atomic E-state index is 13.0. The number of carbonyl (C=O) groups is 1. The fraction of sp³-hybridized carbons (Fsp3) is 0.318. The van der Waals surface area contributed by atoms with Crippen molar-refractivity contribution in [3.8, 4) is 11.4 Å². The van der Waals surface area contributed by atoms with Crippen molar-refractivity contribution in [3.05, 3.63) is 72.1 Å². The molecular formula is C22H25N5O. The summed E-state index contributed by atoms with van der Waals surface area (Å²) in [5.41, 5.74) is 2.90. The molecule has 1 aliphatic heterocycles. The molecule has 1 aromatic heterocycles. The summed E-state index contributed by atoms with van der Waals surface area (Å²) in [6.07, 6.45) is 3.47. The van der Waals surface area contributed by atoms with Crippen LogP contribution in [0.15, 0.2) is 60.9 Å². The zero-order chi connectivity index (χ0) is 19.3. The third kappa shape index (κ3) is 4.12. The molecule has 28 heavy (non-hydrogen) atoms. The molecule has 144 valence electrons. The summed E-state index contributed by atoms with van der Waals surface area (Å²) in [7, 11) is 2.18. The topological polar surface area (TPSA) is 65.1 Å². The molecule has 1 saturated heterocycles. The summed E-state index contributed by atoms with van der Waals surface area (Å²) in [5, 5.41) is 6.73. The van der Waals surface area contributed by atoms with Crippen LogP contribution in [0.5, 0.6) is 0 Å².